The summed E-state index contributed by atoms with van der Waals surface area (Å²) in [5, 5.41) is 18.2. The van der Waals surface area contributed by atoms with Crippen LogP contribution in [0.15, 0.2) is 15.8 Å². The zero-order valence-corrected chi connectivity index (χ0v) is 10.9. The van der Waals surface area contributed by atoms with E-state index in [-0.39, 0.29) is 23.7 Å². The largest absolute Gasteiger partial charge is 0.395 e. The van der Waals surface area contributed by atoms with Gasteiger partial charge in [-0.25, -0.2) is 4.79 Å². The van der Waals surface area contributed by atoms with Crippen LogP contribution in [0.1, 0.15) is 17.4 Å². The minimum atomic E-state index is -0.671. The smallest absolute Gasteiger partial charge is 0.329 e. The summed E-state index contributed by atoms with van der Waals surface area (Å²) in [5.41, 5.74) is -0.680. The summed E-state index contributed by atoms with van der Waals surface area (Å²) in [6, 6.07) is 0. The molecule has 102 valence electrons. The predicted molar refractivity (Wildman–Crippen MR) is 72.0 cm³/mol. The van der Waals surface area contributed by atoms with Gasteiger partial charge in [0.05, 0.1) is 23.3 Å². The van der Waals surface area contributed by atoms with Crippen LogP contribution in [0.25, 0.3) is 0 Å². The fourth-order valence-corrected chi connectivity index (χ4v) is 3.41. The summed E-state index contributed by atoms with van der Waals surface area (Å²) < 4.78 is 1.36. The molecule has 1 aromatic heterocycles. The van der Waals surface area contributed by atoms with Gasteiger partial charge in [0.2, 0.25) is 0 Å². The maximum atomic E-state index is 11.8. The average molecular weight is 282 g/mol. The van der Waals surface area contributed by atoms with Crippen molar-refractivity contribution in [1.82, 2.24) is 9.55 Å². The number of nitrogens with zero attached hydrogens (tertiary/aromatic N) is 1. The number of thioether (sulfide) groups is 1. The summed E-state index contributed by atoms with van der Waals surface area (Å²) in [6.45, 7) is -0.155. The summed E-state index contributed by atoms with van der Waals surface area (Å²) in [4.78, 5) is 25.5. The first-order valence-corrected chi connectivity index (χ1v) is 6.73. The number of hydrogen-bond donors (Lipinski definition) is 3. The number of aromatic nitrogens is 2. The van der Waals surface area contributed by atoms with E-state index in [1.54, 1.807) is 0 Å². The third-order valence-corrected chi connectivity index (χ3v) is 4.57. The normalized spacial score (nSPS) is 26.3. The molecule has 1 aliphatic heterocycles. The second-order valence-electron chi connectivity index (χ2n) is 4.32. The topological polar surface area (TPSA) is 95.3 Å². The van der Waals surface area contributed by atoms with Crippen LogP contribution in [0.3, 0.4) is 0 Å². The van der Waals surface area contributed by atoms with Gasteiger partial charge in [-0.2, -0.15) is 0 Å². The number of aromatic amines is 1. The van der Waals surface area contributed by atoms with Crippen LogP contribution in [0.5, 0.6) is 0 Å². The van der Waals surface area contributed by atoms with Gasteiger partial charge in [0.25, 0.3) is 5.56 Å². The molecule has 0 spiro atoms. The molecule has 1 saturated heterocycles. The highest BCUT2D eigenvalue weighted by molar-refractivity contribution is 8.00. The second-order valence-corrected chi connectivity index (χ2v) is 5.74. The van der Waals surface area contributed by atoms with E-state index in [0.717, 1.165) is 0 Å². The third-order valence-electron chi connectivity index (χ3n) is 3.03. The summed E-state index contributed by atoms with van der Waals surface area (Å²) in [6.07, 6.45) is 6.41. The minimum absolute atomic E-state index is 0.138. The molecule has 7 heteroatoms. The van der Waals surface area contributed by atoms with E-state index in [1.807, 2.05) is 0 Å². The van der Waals surface area contributed by atoms with Crippen molar-refractivity contribution in [3.05, 3.63) is 32.6 Å². The van der Waals surface area contributed by atoms with Gasteiger partial charge in [-0.15, -0.1) is 24.1 Å². The maximum Gasteiger partial charge on any atom is 0.329 e. The van der Waals surface area contributed by atoms with E-state index in [2.05, 4.69) is 10.9 Å². The van der Waals surface area contributed by atoms with Gasteiger partial charge < -0.3 is 10.2 Å². The molecule has 0 aromatic carbocycles. The van der Waals surface area contributed by atoms with Gasteiger partial charge in [0, 0.05) is 24.6 Å². The maximum absolute atomic E-state index is 11.8. The summed E-state index contributed by atoms with van der Waals surface area (Å²) in [5.74, 6) is 2.36. The molecule has 1 aromatic rings. The summed E-state index contributed by atoms with van der Waals surface area (Å²) in [7, 11) is 0. The van der Waals surface area contributed by atoms with Crippen molar-refractivity contribution in [3.63, 3.8) is 0 Å². The Kier molecular flexibility index (Phi) is 4.14. The third kappa shape index (κ3) is 2.76. The van der Waals surface area contributed by atoms with Gasteiger partial charge in [-0.3, -0.25) is 14.3 Å². The van der Waals surface area contributed by atoms with E-state index in [9.17, 15) is 14.7 Å². The van der Waals surface area contributed by atoms with Gasteiger partial charge in [-0.1, -0.05) is 0 Å². The van der Waals surface area contributed by atoms with Crippen molar-refractivity contribution >= 4 is 11.8 Å². The van der Waals surface area contributed by atoms with Crippen LogP contribution in [-0.4, -0.2) is 37.7 Å². The Labute approximate surface area is 113 Å². The second kappa shape index (κ2) is 5.65. The Balaban J connectivity index is 2.36. The lowest BCUT2D eigenvalue weighted by atomic mass is 10.2. The molecule has 6 nitrogen and oxygen atoms in total. The highest BCUT2D eigenvalue weighted by Gasteiger charge is 2.34. The fraction of sp³-hybridized carbons (Fsp3) is 0.500. The van der Waals surface area contributed by atoms with Crippen LogP contribution < -0.4 is 11.2 Å². The fourth-order valence-electron chi connectivity index (χ4n) is 2.03. The zero-order valence-electron chi connectivity index (χ0n) is 10.1. The molecule has 1 aliphatic rings. The van der Waals surface area contributed by atoms with Crippen LogP contribution >= 0.6 is 11.8 Å². The van der Waals surface area contributed by atoms with Crippen molar-refractivity contribution in [3.8, 4) is 12.3 Å². The first kappa shape index (κ1) is 13.9. The Bertz CT molecular complexity index is 615. The summed E-state index contributed by atoms with van der Waals surface area (Å²) >= 11 is 1.31. The van der Waals surface area contributed by atoms with Crippen LogP contribution in [0.4, 0.5) is 0 Å². The zero-order chi connectivity index (χ0) is 14.0. The lowest BCUT2D eigenvalue weighted by molar-refractivity contribution is 0.137. The Morgan fingerprint density at radius 2 is 2.32 bits per heavy atom. The molecular weight excluding hydrogens is 268 g/mol. The van der Waals surface area contributed by atoms with Gasteiger partial charge in [-0.05, 0) is 0 Å². The van der Waals surface area contributed by atoms with E-state index < -0.39 is 17.4 Å². The van der Waals surface area contributed by atoms with E-state index in [4.69, 9.17) is 11.5 Å². The van der Waals surface area contributed by atoms with Crippen LogP contribution in [0, 0.1) is 12.3 Å². The lowest BCUT2D eigenvalue weighted by Gasteiger charge is -2.13. The number of terminal acetylenes is 1. The van der Waals surface area contributed by atoms with E-state index in [1.165, 1.54) is 22.5 Å². The van der Waals surface area contributed by atoms with Crippen molar-refractivity contribution in [2.75, 3.05) is 6.61 Å². The van der Waals surface area contributed by atoms with Crippen molar-refractivity contribution in [1.29, 1.82) is 0 Å². The lowest BCUT2D eigenvalue weighted by Crippen LogP contribution is -2.33. The molecule has 2 heterocycles. The molecule has 3 N–H and O–H groups in total. The number of nitrogens with one attached hydrogen (secondary N) is 1. The molecule has 0 bridgehead atoms. The quantitative estimate of drug-likeness (QED) is 0.623. The molecule has 0 amide bonds. The number of H-pyrrole nitrogens is 1. The van der Waals surface area contributed by atoms with Crippen molar-refractivity contribution < 1.29 is 10.2 Å². The molecule has 0 saturated carbocycles. The molecule has 2 rings (SSSR count). The van der Waals surface area contributed by atoms with E-state index in [0.29, 0.717) is 12.0 Å². The highest BCUT2D eigenvalue weighted by Crippen LogP contribution is 2.40. The molecule has 0 radical (unpaired) electrons. The average Bonchev–Trinajstić information content (AvgIpc) is 2.74. The number of hydrogen-bond acceptors (Lipinski definition) is 5. The molecule has 3 atom stereocenters. The Hall–Kier alpha value is -1.49. The Morgan fingerprint density at radius 3 is 2.89 bits per heavy atom. The number of aliphatic hydroxyl groups is 2. The first-order chi connectivity index (χ1) is 9.06. The predicted octanol–water partition coefficient (Wildman–Crippen LogP) is -0.930. The minimum Gasteiger partial charge on any atom is -0.395 e. The number of aliphatic hydroxyl groups excluding tert-OH is 2. The molecule has 0 aliphatic carbocycles. The SMILES string of the molecule is C#CCc1cn([C@H]2C[C@H](O)[C@@H](CO)S2)c(=O)[nH]c1=O. The van der Waals surface area contributed by atoms with E-state index >= 15 is 0 Å². The number of rotatable bonds is 3. The standard InChI is InChI=1S/C12H14N2O4S/c1-2-3-7-5-14(12(18)13-11(7)17)10-4-8(16)9(6-15)19-10/h1,5,8-10,15-16H,3-4,6H2,(H,13,17,18)/t8-,9+,10+/m0/s1. The van der Waals surface area contributed by atoms with Crippen molar-refractivity contribution in [2.45, 2.75) is 29.6 Å². The first-order valence-electron chi connectivity index (χ1n) is 5.79. The molecular formula is C12H14N2O4S. The molecule has 0 unspecified atom stereocenters. The van der Waals surface area contributed by atoms with Crippen LogP contribution in [-0.2, 0) is 6.42 Å². The Morgan fingerprint density at radius 1 is 1.58 bits per heavy atom. The molecule has 1 fully saturated rings. The molecule has 19 heavy (non-hydrogen) atoms. The monoisotopic (exact) mass is 282 g/mol. The van der Waals surface area contributed by atoms with Gasteiger partial charge in [0.1, 0.15) is 0 Å². The van der Waals surface area contributed by atoms with Gasteiger partial charge >= 0.3 is 5.69 Å². The van der Waals surface area contributed by atoms with Gasteiger partial charge in [0.15, 0.2) is 0 Å². The highest BCUT2D eigenvalue weighted by atomic mass is 32.2. The van der Waals surface area contributed by atoms with Crippen LogP contribution in [0.2, 0.25) is 0 Å². The van der Waals surface area contributed by atoms with Crippen molar-refractivity contribution in [2.24, 2.45) is 0 Å².